The quantitative estimate of drug-likeness (QED) is 0.705. The van der Waals surface area contributed by atoms with Gasteiger partial charge in [0.15, 0.2) is 0 Å². The zero-order valence-corrected chi connectivity index (χ0v) is 15.5. The minimum Gasteiger partial charge on any atom is -0.464 e. The first-order valence-electron chi connectivity index (χ1n) is 8.58. The summed E-state index contributed by atoms with van der Waals surface area (Å²) in [5.41, 5.74) is 2.06. The summed E-state index contributed by atoms with van der Waals surface area (Å²) in [5.74, 6) is -0.204. The van der Waals surface area contributed by atoms with Gasteiger partial charge in [0.05, 0.1) is 5.69 Å². The van der Waals surface area contributed by atoms with Gasteiger partial charge in [-0.25, -0.2) is 4.79 Å². The van der Waals surface area contributed by atoms with Crippen LogP contribution in [-0.2, 0) is 15.1 Å². The predicted octanol–water partition coefficient (Wildman–Crippen LogP) is 4.37. The largest absolute Gasteiger partial charge is 0.464 e. The molecule has 138 valence electrons. The third-order valence-corrected chi connectivity index (χ3v) is 5.86. The molecule has 0 fully saturated rings. The van der Waals surface area contributed by atoms with Crippen LogP contribution >= 0.6 is 11.3 Å². The molecule has 1 atom stereocenters. The number of amides is 1. The standard InChI is InChI=1S/C20H18N2O4S/c1-2-20(17-6-4-10-27-17)14-11-13(16-5-3-9-22(16)19(24)25)7-8-15(14)21-18(23)12-26-20/h3-11H,2,12H2,1H3,(H,21,23)(H,24,25). The van der Waals surface area contributed by atoms with Crippen LogP contribution in [0.2, 0.25) is 0 Å². The predicted molar refractivity (Wildman–Crippen MR) is 103 cm³/mol. The lowest BCUT2D eigenvalue weighted by atomic mass is 9.86. The summed E-state index contributed by atoms with van der Waals surface area (Å²) in [4.78, 5) is 24.7. The van der Waals surface area contributed by atoms with Crippen LogP contribution in [0.15, 0.2) is 54.0 Å². The number of fused-ring (bicyclic) bond motifs is 1. The van der Waals surface area contributed by atoms with Crippen LogP contribution in [0, 0.1) is 0 Å². The van der Waals surface area contributed by atoms with E-state index in [2.05, 4.69) is 5.32 Å². The Hall–Kier alpha value is -2.90. The number of anilines is 1. The molecule has 0 aliphatic carbocycles. The molecule has 7 heteroatoms. The highest BCUT2D eigenvalue weighted by Gasteiger charge is 2.40. The minimum atomic E-state index is -1.05. The van der Waals surface area contributed by atoms with Crippen molar-refractivity contribution in [2.75, 3.05) is 11.9 Å². The average molecular weight is 382 g/mol. The van der Waals surface area contributed by atoms with Crippen molar-refractivity contribution in [2.45, 2.75) is 18.9 Å². The smallest absolute Gasteiger partial charge is 0.415 e. The van der Waals surface area contributed by atoms with E-state index in [1.165, 1.54) is 10.8 Å². The van der Waals surface area contributed by atoms with Gasteiger partial charge in [-0.05, 0) is 47.7 Å². The van der Waals surface area contributed by atoms with Crippen LogP contribution in [-0.4, -0.2) is 28.3 Å². The van der Waals surface area contributed by atoms with Crippen LogP contribution < -0.4 is 5.32 Å². The highest BCUT2D eigenvalue weighted by molar-refractivity contribution is 7.10. The molecule has 0 radical (unpaired) electrons. The fourth-order valence-electron chi connectivity index (χ4n) is 3.56. The summed E-state index contributed by atoms with van der Waals surface area (Å²) in [6.45, 7) is 1.98. The molecular formula is C20H18N2O4S. The van der Waals surface area contributed by atoms with E-state index in [1.807, 2.05) is 42.6 Å². The van der Waals surface area contributed by atoms with Gasteiger partial charge >= 0.3 is 6.09 Å². The lowest BCUT2D eigenvalue weighted by Crippen LogP contribution is -2.30. The van der Waals surface area contributed by atoms with Crippen LogP contribution in [0.25, 0.3) is 11.3 Å². The second-order valence-electron chi connectivity index (χ2n) is 6.30. The molecule has 6 nitrogen and oxygen atoms in total. The van der Waals surface area contributed by atoms with Gasteiger partial charge < -0.3 is 15.2 Å². The number of carboxylic acid groups (broad SMARTS) is 1. The first-order chi connectivity index (χ1) is 13.0. The fourth-order valence-corrected chi connectivity index (χ4v) is 4.53. The zero-order chi connectivity index (χ0) is 19.0. The van der Waals surface area contributed by atoms with E-state index >= 15 is 0 Å². The van der Waals surface area contributed by atoms with Crippen molar-refractivity contribution < 1.29 is 19.4 Å². The number of ether oxygens (including phenoxy) is 1. The van der Waals surface area contributed by atoms with Crippen molar-refractivity contribution in [3.63, 3.8) is 0 Å². The number of carbonyl (C=O) groups is 2. The van der Waals surface area contributed by atoms with E-state index in [4.69, 9.17) is 4.74 Å². The summed E-state index contributed by atoms with van der Waals surface area (Å²) < 4.78 is 7.33. The van der Waals surface area contributed by atoms with Crippen molar-refractivity contribution >= 4 is 29.0 Å². The number of carbonyl (C=O) groups excluding carboxylic acids is 1. The van der Waals surface area contributed by atoms with Crippen molar-refractivity contribution in [3.05, 3.63) is 64.5 Å². The summed E-state index contributed by atoms with van der Waals surface area (Å²) in [5, 5.41) is 14.3. The van der Waals surface area contributed by atoms with Crippen LogP contribution in [0.4, 0.5) is 10.5 Å². The Morgan fingerprint density at radius 1 is 1.33 bits per heavy atom. The Balaban J connectivity index is 1.94. The van der Waals surface area contributed by atoms with Crippen LogP contribution in [0.1, 0.15) is 23.8 Å². The summed E-state index contributed by atoms with van der Waals surface area (Å²) in [6.07, 6.45) is 1.10. The first kappa shape index (κ1) is 17.5. The lowest BCUT2D eigenvalue weighted by Gasteiger charge is -2.32. The Kier molecular flexibility index (Phi) is 4.33. The number of hydrogen-bond acceptors (Lipinski definition) is 4. The van der Waals surface area contributed by atoms with E-state index in [0.29, 0.717) is 17.8 Å². The van der Waals surface area contributed by atoms with Crippen molar-refractivity contribution in [1.82, 2.24) is 4.57 Å². The van der Waals surface area contributed by atoms with Crippen molar-refractivity contribution in [2.24, 2.45) is 0 Å². The van der Waals surface area contributed by atoms with Gasteiger partial charge in [-0.15, -0.1) is 11.3 Å². The van der Waals surface area contributed by atoms with Crippen molar-refractivity contribution in [1.29, 1.82) is 0 Å². The first-order valence-corrected chi connectivity index (χ1v) is 9.46. The highest BCUT2D eigenvalue weighted by Crippen LogP contribution is 2.45. The maximum atomic E-state index is 12.2. The molecule has 3 heterocycles. The third kappa shape index (κ3) is 2.85. The molecule has 1 aliphatic heterocycles. The Bertz CT molecular complexity index is 1010. The molecule has 1 aliphatic rings. The molecule has 1 amide bonds. The number of hydrogen-bond donors (Lipinski definition) is 2. The average Bonchev–Trinajstić information content (AvgIpc) is 3.33. The van der Waals surface area contributed by atoms with Crippen molar-refractivity contribution in [3.8, 4) is 11.3 Å². The normalized spacial score (nSPS) is 19.2. The molecule has 1 aromatic carbocycles. The third-order valence-electron chi connectivity index (χ3n) is 4.85. The molecule has 27 heavy (non-hydrogen) atoms. The Labute approximate surface area is 160 Å². The summed E-state index contributed by atoms with van der Waals surface area (Å²) in [7, 11) is 0. The number of thiophene rings is 1. The van der Waals surface area contributed by atoms with Gasteiger partial charge in [0.25, 0.3) is 0 Å². The number of rotatable bonds is 3. The number of nitrogens with one attached hydrogen (secondary N) is 1. The van der Waals surface area contributed by atoms with E-state index in [0.717, 1.165) is 16.0 Å². The van der Waals surface area contributed by atoms with Gasteiger partial charge in [-0.2, -0.15) is 0 Å². The number of nitrogens with zero attached hydrogens (tertiary/aromatic N) is 1. The van der Waals surface area contributed by atoms with E-state index in [1.54, 1.807) is 23.5 Å². The number of benzene rings is 1. The molecule has 1 unspecified atom stereocenters. The van der Waals surface area contributed by atoms with Gasteiger partial charge in [-0.1, -0.05) is 19.1 Å². The topological polar surface area (TPSA) is 80.6 Å². The van der Waals surface area contributed by atoms with E-state index in [-0.39, 0.29) is 12.5 Å². The van der Waals surface area contributed by atoms with Gasteiger partial charge in [0.1, 0.15) is 12.2 Å². The molecule has 0 spiro atoms. The van der Waals surface area contributed by atoms with Gasteiger partial charge in [0, 0.05) is 22.3 Å². The summed E-state index contributed by atoms with van der Waals surface area (Å²) in [6, 6.07) is 13.0. The molecule has 2 N–H and O–H groups in total. The second-order valence-corrected chi connectivity index (χ2v) is 7.25. The molecule has 0 saturated heterocycles. The SMILES string of the molecule is CCC1(c2cccs2)OCC(=O)Nc2ccc(-c3cccn3C(=O)O)cc21. The molecule has 3 aromatic rings. The minimum absolute atomic E-state index is 0.0404. The molecule has 2 aromatic heterocycles. The highest BCUT2D eigenvalue weighted by atomic mass is 32.1. The molecular weight excluding hydrogens is 364 g/mol. The monoisotopic (exact) mass is 382 g/mol. The molecule has 0 saturated carbocycles. The fraction of sp³-hybridized carbons (Fsp3) is 0.200. The zero-order valence-electron chi connectivity index (χ0n) is 14.6. The van der Waals surface area contributed by atoms with Crippen LogP contribution in [0.5, 0.6) is 0 Å². The number of aromatic nitrogens is 1. The van der Waals surface area contributed by atoms with E-state index in [9.17, 15) is 14.7 Å². The van der Waals surface area contributed by atoms with Crippen LogP contribution in [0.3, 0.4) is 0 Å². The maximum Gasteiger partial charge on any atom is 0.415 e. The van der Waals surface area contributed by atoms with E-state index < -0.39 is 11.7 Å². The Morgan fingerprint density at radius 2 is 2.19 bits per heavy atom. The molecule has 4 rings (SSSR count). The van der Waals surface area contributed by atoms with Gasteiger partial charge in [-0.3, -0.25) is 9.36 Å². The summed E-state index contributed by atoms with van der Waals surface area (Å²) >= 11 is 1.57. The lowest BCUT2D eigenvalue weighted by molar-refractivity contribution is -0.125. The molecule has 0 bridgehead atoms. The van der Waals surface area contributed by atoms with Gasteiger partial charge in [0.2, 0.25) is 5.91 Å². The maximum absolute atomic E-state index is 12.2. The second kappa shape index (κ2) is 6.68. The Morgan fingerprint density at radius 3 is 2.89 bits per heavy atom.